The van der Waals surface area contributed by atoms with Crippen molar-refractivity contribution in [1.82, 2.24) is 0 Å². The number of fused-ring (bicyclic) bond motifs is 1. The van der Waals surface area contributed by atoms with Gasteiger partial charge in [-0.1, -0.05) is 44.2 Å². The van der Waals surface area contributed by atoms with Gasteiger partial charge in [0.05, 0.1) is 7.11 Å². The van der Waals surface area contributed by atoms with E-state index in [0.717, 1.165) is 12.2 Å². The molecule has 0 aliphatic heterocycles. The van der Waals surface area contributed by atoms with Crippen LogP contribution in [0.1, 0.15) is 31.7 Å². The SMILES string of the molecule is CCC(C)c1cc(OC)c2ccccc2c1. The minimum Gasteiger partial charge on any atom is -0.496 e. The second-order valence-electron chi connectivity index (χ2n) is 4.25. The minimum absolute atomic E-state index is 0.582. The quantitative estimate of drug-likeness (QED) is 0.737. The van der Waals surface area contributed by atoms with Gasteiger partial charge in [0.25, 0.3) is 0 Å². The number of hydrogen-bond acceptors (Lipinski definition) is 1. The Kier molecular flexibility index (Phi) is 3.14. The maximum absolute atomic E-state index is 5.46. The molecule has 0 aromatic heterocycles. The van der Waals surface area contributed by atoms with Crippen LogP contribution in [-0.2, 0) is 0 Å². The summed E-state index contributed by atoms with van der Waals surface area (Å²) in [6.07, 6.45) is 1.15. The maximum Gasteiger partial charge on any atom is 0.126 e. The summed E-state index contributed by atoms with van der Waals surface area (Å²) in [5, 5.41) is 2.45. The van der Waals surface area contributed by atoms with Crippen LogP contribution in [0.25, 0.3) is 10.8 Å². The molecule has 1 nitrogen and oxygen atoms in total. The van der Waals surface area contributed by atoms with Crippen molar-refractivity contribution in [3.05, 3.63) is 42.0 Å². The highest BCUT2D eigenvalue weighted by atomic mass is 16.5. The smallest absolute Gasteiger partial charge is 0.126 e. The van der Waals surface area contributed by atoms with E-state index >= 15 is 0 Å². The van der Waals surface area contributed by atoms with E-state index in [1.54, 1.807) is 7.11 Å². The monoisotopic (exact) mass is 214 g/mol. The van der Waals surface area contributed by atoms with Gasteiger partial charge in [0.1, 0.15) is 5.75 Å². The number of rotatable bonds is 3. The summed E-state index contributed by atoms with van der Waals surface area (Å²) in [4.78, 5) is 0. The van der Waals surface area contributed by atoms with Gasteiger partial charge in [-0.05, 0) is 29.4 Å². The number of hydrogen-bond donors (Lipinski definition) is 0. The molecular formula is C15H18O. The van der Waals surface area contributed by atoms with Crippen molar-refractivity contribution < 1.29 is 4.74 Å². The van der Waals surface area contributed by atoms with Crippen LogP contribution in [0.5, 0.6) is 5.75 Å². The van der Waals surface area contributed by atoms with Crippen molar-refractivity contribution in [1.29, 1.82) is 0 Å². The van der Waals surface area contributed by atoms with Crippen molar-refractivity contribution >= 4 is 10.8 Å². The lowest BCUT2D eigenvalue weighted by atomic mass is 9.95. The summed E-state index contributed by atoms with van der Waals surface area (Å²) in [6.45, 7) is 4.47. The van der Waals surface area contributed by atoms with Gasteiger partial charge in [0.15, 0.2) is 0 Å². The zero-order valence-corrected chi connectivity index (χ0v) is 10.2. The first kappa shape index (κ1) is 11.0. The molecule has 0 amide bonds. The minimum atomic E-state index is 0.582. The van der Waals surface area contributed by atoms with E-state index in [9.17, 15) is 0 Å². The fourth-order valence-electron chi connectivity index (χ4n) is 1.99. The van der Waals surface area contributed by atoms with Gasteiger partial charge in [0, 0.05) is 5.39 Å². The molecule has 0 saturated carbocycles. The number of benzene rings is 2. The van der Waals surface area contributed by atoms with E-state index < -0.39 is 0 Å². The molecule has 0 spiro atoms. The maximum atomic E-state index is 5.46. The van der Waals surface area contributed by atoms with Crippen molar-refractivity contribution in [3.63, 3.8) is 0 Å². The van der Waals surface area contributed by atoms with Crippen LogP contribution in [0.4, 0.5) is 0 Å². The molecule has 1 heteroatoms. The molecule has 16 heavy (non-hydrogen) atoms. The van der Waals surface area contributed by atoms with Crippen LogP contribution in [0.3, 0.4) is 0 Å². The van der Waals surface area contributed by atoms with Crippen molar-refractivity contribution in [2.75, 3.05) is 7.11 Å². The highest BCUT2D eigenvalue weighted by molar-refractivity contribution is 5.89. The van der Waals surface area contributed by atoms with E-state index in [2.05, 4.69) is 44.2 Å². The van der Waals surface area contributed by atoms with Crippen molar-refractivity contribution in [2.45, 2.75) is 26.2 Å². The fraction of sp³-hybridized carbons (Fsp3) is 0.333. The summed E-state index contributed by atoms with van der Waals surface area (Å²) in [7, 11) is 1.74. The average molecular weight is 214 g/mol. The summed E-state index contributed by atoms with van der Waals surface area (Å²) in [6, 6.07) is 12.8. The first-order valence-corrected chi connectivity index (χ1v) is 5.83. The van der Waals surface area contributed by atoms with E-state index in [1.165, 1.54) is 16.3 Å². The lowest BCUT2D eigenvalue weighted by Gasteiger charge is -2.13. The van der Waals surface area contributed by atoms with Crippen molar-refractivity contribution in [2.24, 2.45) is 0 Å². The van der Waals surface area contributed by atoms with E-state index in [1.807, 2.05) is 6.07 Å². The summed E-state index contributed by atoms with van der Waals surface area (Å²) in [5.41, 5.74) is 1.36. The van der Waals surface area contributed by atoms with E-state index in [-0.39, 0.29) is 0 Å². The van der Waals surface area contributed by atoms with Crippen LogP contribution < -0.4 is 4.74 Å². The number of ether oxygens (including phenoxy) is 1. The molecule has 0 heterocycles. The van der Waals surface area contributed by atoms with Gasteiger partial charge in [0.2, 0.25) is 0 Å². The van der Waals surface area contributed by atoms with Crippen LogP contribution in [0.2, 0.25) is 0 Å². The van der Waals surface area contributed by atoms with Gasteiger partial charge in [-0.25, -0.2) is 0 Å². The molecule has 0 aliphatic rings. The first-order chi connectivity index (χ1) is 7.76. The van der Waals surface area contributed by atoms with Gasteiger partial charge < -0.3 is 4.74 Å². The second kappa shape index (κ2) is 4.56. The summed E-state index contributed by atoms with van der Waals surface area (Å²) >= 11 is 0. The predicted octanol–water partition coefficient (Wildman–Crippen LogP) is 4.36. The largest absolute Gasteiger partial charge is 0.496 e. The molecule has 0 aliphatic carbocycles. The molecule has 84 valence electrons. The van der Waals surface area contributed by atoms with Crippen LogP contribution in [0, 0.1) is 0 Å². The highest BCUT2D eigenvalue weighted by Crippen LogP contribution is 2.31. The van der Waals surface area contributed by atoms with E-state index in [4.69, 9.17) is 4.74 Å². The zero-order chi connectivity index (χ0) is 11.5. The zero-order valence-electron chi connectivity index (χ0n) is 10.2. The third kappa shape index (κ3) is 1.90. The average Bonchev–Trinajstić information content (AvgIpc) is 2.36. The van der Waals surface area contributed by atoms with Gasteiger partial charge in [-0.15, -0.1) is 0 Å². The van der Waals surface area contributed by atoms with Gasteiger partial charge in [-0.3, -0.25) is 0 Å². The Labute approximate surface area is 97.1 Å². The fourth-order valence-corrected chi connectivity index (χ4v) is 1.99. The Morgan fingerprint density at radius 2 is 1.94 bits per heavy atom. The molecular weight excluding hydrogens is 196 g/mol. The standard InChI is InChI=1S/C15H18O/c1-4-11(2)13-9-12-7-5-6-8-14(12)15(10-13)16-3/h5-11H,4H2,1-3H3. The Bertz CT molecular complexity index is 488. The molecule has 1 unspecified atom stereocenters. The van der Waals surface area contributed by atoms with E-state index in [0.29, 0.717) is 5.92 Å². The van der Waals surface area contributed by atoms with Gasteiger partial charge in [-0.2, -0.15) is 0 Å². The molecule has 0 fully saturated rings. The molecule has 1 atom stereocenters. The molecule has 2 aromatic rings. The Morgan fingerprint density at radius 3 is 2.62 bits per heavy atom. The lowest BCUT2D eigenvalue weighted by Crippen LogP contribution is -1.94. The molecule has 2 aromatic carbocycles. The van der Waals surface area contributed by atoms with Crippen LogP contribution in [0.15, 0.2) is 36.4 Å². The third-order valence-electron chi connectivity index (χ3n) is 3.25. The third-order valence-corrected chi connectivity index (χ3v) is 3.25. The first-order valence-electron chi connectivity index (χ1n) is 5.83. The Balaban J connectivity index is 2.63. The highest BCUT2D eigenvalue weighted by Gasteiger charge is 2.08. The molecule has 0 N–H and O–H groups in total. The molecule has 0 bridgehead atoms. The number of methoxy groups -OCH3 is 1. The lowest BCUT2D eigenvalue weighted by molar-refractivity contribution is 0.419. The van der Waals surface area contributed by atoms with Crippen LogP contribution >= 0.6 is 0 Å². The Morgan fingerprint density at radius 1 is 1.19 bits per heavy atom. The topological polar surface area (TPSA) is 9.23 Å². The van der Waals surface area contributed by atoms with Crippen molar-refractivity contribution in [3.8, 4) is 5.75 Å². The van der Waals surface area contributed by atoms with Gasteiger partial charge >= 0.3 is 0 Å². The van der Waals surface area contributed by atoms with Crippen LogP contribution in [-0.4, -0.2) is 7.11 Å². The normalized spacial score (nSPS) is 12.7. The predicted molar refractivity (Wildman–Crippen MR) is 69.2 cm³/mol. The Hall–Kier alpha value is -1.50. The second-order valence-corrected chi connectivity index (χ2v) is 4.25. The molecule has 0 saturated heterocycles. The summed E-state index contributed by atoms with van der Waals surface area (Å²) in [5.74, 6) is 1.56. The summed E-state index contributed by atoms with van der Waals surface area (Å²) < 4.78 is 5.46. The molecule has 0 radical (unpaired) electrons. The molecule has 2 rings (SSSR count).